The molecule has 13 heteroatoms. The van der Waals surface area contributed by atoms with Gasteiger partial charge in [-0.05, 0) is 66.6 Å². The van der Waals surface area contributed by atoms with Crippen LogP contribution >= 0.6 is 0 Å². The molecule has 6 rings (SSSR count). The smallest absolute Gasteiger partial charge is 0.355 e. The van der Waals surface area contributed by atoms with Gasteiger partial charge in [0, 0.05) is 42.0 Å². The fourth-order valence-electron chi connectivity index (χ4n) is 6.04. The number of benzene rings is 2. The molecule has 2 aliphatic carbocycles. The summed E-state index contributed by atoms with van der Waals surface area (Å²) in [5, 5.41) is 8.89. The summed E-state index contributed by atoms with van der Waals surface area (Å²) in [7, 11) is 1.35. The van der Waals surface area contributed by atoms with Crippen molar-refractivity contribution in [3.8, 4) is 11.1 Å². The first-order chi connectivity index (χ1) is 20.9. The van der Waals surface area contributed by atoms with Gasteiger partial charge in [-0.2, -0.15) is 18.3 Å². The number of nitrogens with one attached hydrogen (secondary N) is 2. The van der Waals surface area contributed by atoms with Crippen molar-refractivity contribution in [1.29, 1.82) is 0 Å². The Balaban J connectivity index is 1.36. The maximum atomic E-state index is 14.4. The minimum atomic E-state index is -4.67. The van der Waals surface area contributed by atoms with Gasteiger partial charge in [0.25, 0.3) is 5.91 Å². The van der Waals surface area contributed by atoms with Crippen LogP contribution in [0.1, 0.15) is 56.9 Å². The lowest BCUT2D eigenvalue weighted by atomic mass is 9.94. The average Bonchev–Trinajstić information content (AvgIpc) is 3.47. The monoisotopic (exact) mass is 613 g/mol. The van der Waals surface area contributed by atoms with E-state index in [2.05, 4.69) is 20.7 Å². The number of carbonyl (C=O) groups is 2. The summed E-state index contributed by atoms with van der Waals surface area (Å²) in [6.07, 6.45) is -2.39. The van der Waals surface area contributed by atoms with Gasteiger partial charge in [-0.3, -0.25) is 19.3 Å². The number of amides is 2. The second-order valence-electron chi connectivity index (χ2n) is 11.0. The number of hydrogen-bond acceptors (Lipinski definition) is 4. The molecule has 2 aliphatic rings. The lowest BCUT2D eigenvalue weighted by Gasteiger charge is -2.22. The van der Waals surface area contributed by atoms with Crippen molar-refractivity contribution in [2.75, 3.05) is 7.05 Å². The number of hydrogen-bond donors (Lipinski definition) is 2. The minimum Gasteiger partial charge on any atom is -0.355 e. The van der Waals surface area contributed by atoms with Gasteiger partial charge in [0.2, 0.25) is 5.91 Å². The van der Waals surface area contributed by atoms with E-state index in [1.807, 2.05) is 0 Å². The second kappa shape index (κ2) is 11.1. The lowest BCUT2D eigenvalue weighted by Crippen LogP contribution is -2.34. The van der Waals surface area contributed by atoms with E-state index in [1.165, 1.54) is 25.4 Å². The van der Waals surface area contributed by atoms with Crippen LogP contribution in [-0.2, 0) is 30.4 Å². The Bertz CT molecular complexity index is 1770. The van der Waals surface area contributed by atoms with Crippen LogP contribution in [0.4, 0.5) is 26.3 Å². The van der Waals surface area contributed by atoms with E-state index >= 15 is 0 Å². The third-order valence-electron chi connectivity index (χ3n) is 8.01. The van der Waals surface area contributed by atoms with E-state index in [9.17, 15) is 35.9 Å². The molecular weight excluding hydrogens is 588 g/mol. The van der Waals surface area contributed by atoms with Gasteiger partial charge < -0.3 is 10.6 Å². The molecule has 0 unspecified atom stereocenters. The van der Waals surface area contributed by atoms with Crippen LogP contribution in [-0.4, -0.2) is 33.6 Å². The van der Waals surface area contributed by atoms with Gasteiger partial charge in [0.1, 0.15) is 24.0 Å². The Morgan fingerprint density at radius 3 is 2.52 bits per heavy atom. The zero-order valence-electron chi connectivity index (χ0n) is 23.2. The Kier molecular flexibility index (Phi) is 7.42. The molecule has 44 heavy (non-hydrogen) atoms. The van der Waals surface area contributed by atoms with E-state index < -0.39 is 53.7 Å². The Morgan fingerprint density at radius 1 is 1.07 bits per heavy atom. The zero-order valence-corrected chi connectivity index (χ0v) is 23.2. The van der Waals surface area contributed by atoms with Gasteiger partial charge >= 0.3 is 6.18 Å². The summed E-state index contributed by atoms with van der Waals surface area (Å²) < 4.78 is 84.9. The molecule has 3 atom stereocenters. The highest BCUT2D eigenvalue weighted by molar-refractivity contribution is 5.95. The molecule has 2 aromatic heterocycles. The summed E-state index contributed by atoms with van der Waals surface area (Å²) in [6.45, 7) is -0.519. The molecule has 228 valence electrons. The van der Waals surface area contributed by atoms with Gasteiger partial charge in [-0.1, -0.05) is 12.1 Å². The Labute approximate surface area is 247 Å². The maximum Gasteiger partial charge on any atom is 0.435 e. The van der Waals surface area contributed by atoms with Crippen LogP contribution in [0.15, 0.2) is 54.7 Å². The molecular formula is C31H25F6N5O2. The largest absolute Gasteiger partial charge is 0.435 e. The minimum absolute atomic E-state index is 0.0807. The van der Waals surface area contributed by atoms with Crippen LogP contribution in [0.3, 0.4) is 0 Å². The summed E-state index contributed by atoms with van der Waals surface area (Å²) in [5.74, 6) is -3.78. The van der Waals surface area contributed by atoms with E-state index in [1.54, 1.807) is 12.1 Å². The average molecular weight is 614 g/mol. The molecule has 2 heterocycles. The number of fused-ring (bicyclic) bond motifs is 3. The Morgan fingerprint density at radius 2 is 1.82 bits per heavy atom. The predicted molar refractivity (Wildman–Crippen MR) is 146 cm³/mol. The van der Waals surface area contributed by atoms with Crippen LogP contribution in [0, 0.1) is 23.4 Å². The molecule has 2 N–H and O–H groups in total. The highest BCUT2D eigenvalue weighted by atomic mass is 19.4. The van der Waals surface area contributed by atoms with Crippen LogP contribution in [0.5, 0.6) is 0 Å². The number of alkyl halides is 3. The van der Waals surface area contributed by atoms with Crippen molar-refractivity contribution in [2.24, 2.45) is 5.92 Å². The molecule has 0 radical (unpaired) electrons. The molecule has 2 amide bonds. The molecule has 0 bridgehead atoms. The summed E-state index contributed by atoms with van der Waals surface area (Å²) in [5.41, 5.74) is 0.464. The number of aromatic nitrogens is 3. The molecule has 2 aromatic carbocycles. The number of carbonyl (C=O) groups excluding carboxylic acids is 2. The first-order valence-electron chi connectivity index (χ1n) is 13.8. The highest BCUT2D eigenvalue weighted by Gasteiger charge is 2.53. The lowest BCUT2D eigenvalue weighted by molar-refractivity contribution is -0.142. The number of pyridine rings is 1. The maximum absolute atomic E-state index is 14.4. The molecule has 4 aromatic rings. The molecule has 1 fully saturated rings. The highest BCUT2D eigenvalue weighted by Crippen LogP contribution is 2.58. The second-order valence-corrected chi connectivity index (χ2v) is 11.0. The van der Waals surface area contributed by atoms with Crippen molar-refractivity contribution in [1.82, 2.24) is 25.4 Å². The number of nitrogens with zero attached hydrogens (tertiary/aromatic N) is 3. The standard InChI is InChI=1S/C31H25F6N5O2/c1-38-30(44)22-10-16(4-5-24(22)34)20-3-2-6-39-27(20)25(9-15-7-18(32)13-19(33)8-15)40-26(43)14-42-28-21-11-17(21)12-23(28)29(41-42)31(35,36)37/h2-8,10,13,17,21,25H,9,11-12,14H2,1H3,(H,38,44)(H,40,43)/t17-,21-,25+/m1/s1. The third kappa shape index (κ3) is 5.65. The van der Waals surface area contributed by atoms with Crippen molar-refractivity contribution in [3.05, 3.63) is 106 Å². The summed E-state index contributed by atoms with van der Waals surface area (Å²) in [6, 6.07) is 8.89. The van der Waals surface area contributed by atoms with Crippen molar-refractivity contribution in [3.63, 3.8) is 0 Å². The van der Waals surface area contributed by atoms with Crippen LogP contribution in [0.25, 0.3) is 11.1 Å². The first-order valence-corrected chi connectivity index (χ1v) is 13.8. The first kappa shape index (κ1) is 29.4. The Hall–Kier alpha value is -4.68. The van der Waals surface area contributed by atoms with Crippen molar-refractivity contribution < 1.29 is 35.9 Å². The third-order valence-corrected chi connectivity index (χ3v) is 8.01. The van der Waals surface area contributed by atoms with Crippen LogP contribution in [0.2, 0.25) is 0 Å². The predicted octanol–water partition coefficient (Wildman–Crippen LogP) is 5.50. The SMILES string of the molecule is CNC(=O)c1cc(-c2cccnc2[C@H](Cc2cc(F)cc(F)c2)NC(=O)Cn2nc(C(F)(F)F)c3c2[C@@H]2C[C@@H]2C3)ccc1F. The van der Waals surface area contributed by atoms with Gasteiger partial charge in [0.05, 0.1) is 17.3 Å². The topological polar surface area (TPSA) is 88.9 Å². The fraction of sp³-hybridized carbons (Fsp3) is 0.290. The van der Waals surface area contributed by atoms with E-state index in [0.717, 1.165) is 29.3 Å². The normalized spacial score (nSPS) is 17.5. The van der Waals surface area contributed by atoms with E-state index in [4.69, 9.17) is 0 Å². The molecule has 0 aliphatic heterocycles. The molecule has 0 spiro atoms. The van der Waals surface area contributed by atoms with Crippen LogP contribution < -0.4 is 10.6 Å². The summed E-state index contributed by atoms with van der Waals surface area (Å²) >= 11 is 0. The number of halogens is 6. The zero-order chi connectivity index (χ0) is 31.3. The molecule has 7 nitrogen and oxygen atoms in total. The fourth-order valence-corrected chi connectivity index (χ4v) is 6.04. The van der Waals surface area contributed by atoms with E-state index in [0.29, 0.717) is 22.9 Å². The van der Waals surface area contributed by atoms with Crippen molar-refractivity contribution in [2.45, 2.75) is 43.9 Å². The van der Waals surface area contributed by atoms with Gasteiger partial charge in [0.15, 0.2) is 5.69 Å². The van der Waals surface area contributed by atoms with E-state index in [-0.39, 0.29) is 47.1 Å². The molecule has 1 saturated carbocycles. The van der Waals surface area contributed by atoms with Gasteiger partial charge in [-0.25, -0.2) is 13.2 Å². The van der Waals surface area contributed by atoms with Gasteiger partial charge in [-0.15, -0.1) is 0 Å². The molecule has 0 saturated heterocycles. The number of rotatable bonds is 8. The van der Waals surface area contributed by atoms with Crippen molar-refractivity contribution >= 4 is 11.8 Å². The quantitative estimate of drug-likeness (QED) is 0.257. The summed E-state index contributed by atoms with van der Waals surface area (Å²) in [4.78, 5) is 30.1.